The summed E-state index contributed by atoms with van der Waals surface area (Å²) in [5, 5.41) is 22.0. The number of phenolic OH excluding ortho intramolecular Hbond substituents is 1. The quantitative estimate of drug-likeness (QED) is 0.502. The maximum atomic E-state index is 12.5. The standard InChI is InChI=1S/C18H24N4O2/c1-13-4-5-16(17(23)10-13)20-12-14(11-19)18(24)22(3)15-6-8-21(2)9-7-15/h4-5,10,12,15,20,23H,6-9H2,1-3H3/b14-12-. The lowest BCUT2D eigenvalue weighted by Crippen LogP contribution is -2.44. The maximum absolute atomic E-state index is 12.5. The Morgan fingerprint density at radius 3 is 2.71 bits per heavy atom. The molecule has 2 rings (SSSR count). The predicted molar refractivity (Wildman–Crippen MR) is 93.5 cm³/mol. The van der Waals surface area contributed by atoms with E-state index in [0.29, 0.717) is 5.69 Å². The van der Waals surface area contributed by atoms with E-state index in [1.54, 1.807) is 24.1 Å². The van der Waals surface area contributed by atoms with Crippen molar-refractivity contribution < 1.29 is 9.90 Å². The van der Waals surface area contributed by atoms with E-state index < -0.39 is 0 Å². The summed E-state index contributed by atoms with van der Waals surface area (Å²) < 4.78 is 0. The van der Waals surface area contributed by atoms with Crippen molar-refractivity contribution in [2.45, 2.75) is 25.8 Å². The highest BCUT2D eigenvalue weighted by atomic mass is 16.3. The van der Waals surface area contributed by atoms with Gasteiger partial charge in [0.2, 0.25) is 0 Å². The summed E-state index contributed by atoms with van der Waals surface area (Å²) in [6.07, 6.45) is 3.17. The first-order valence-corrected chi connectivity index (χ1v) is 8.04. The third-order valence-electron chi connectivity index (χ3n) is 4.43. The Bertz CT molecular complexity index is 670. The van der Waals surface area contributed by atoms with Gasteiger partial charge in [-0.1, -0.05) is 6.07 Å². The van der Waals surface area contributed by atoms with Gasteiger partial charge < -0.3 is 20.2 Å². The summed E-state index contributed by atoms with van der Waals surface area (Å²) in [7, 11) is 3.81. The van der Waals surface area contributed by atoms with Crippen LogP contribution in [0.4, 0.5) is 5.69 Å². The van der Waals surface area contributed by atoms with E-state index in [4.69, 9.17) is 0 Å². The molecule has 1 fully saturated rings. The van der Waals surface area contributed by atoms with Crippen LogP contribution in [0.1, 0.15) is 18.4 Å². The van der Waals surface area contributed by atoms with Crippen LogP contribution >= 0.6 is 0 Å². The molecule has 1 heterocycles. The summed E-state index contributed by atoms with van der Waals surface area (Å²) in [6, 6.07) is 7.27. The van der Waals surface area contributed by atoms with Gasteiger partial charge in [-0.05, 0) is 57.6 Å². The van der Waals surface area contributed by atoms with Crippen molar-refractivity contribution in [1.82, 2.24) is 9.80 Å². The lowest BCUT2D eigenvalue weighted by atomic mass is 10.0. The molecular weight excluding hydrogens is 304 g/mol. The predicted octanol–water partition coefficient (Wildman–Crippen LogP) is 2.07. The highest BCUT2D eigenvalue weighted by Crippen LogP contribution is 2.24. The fourth-order valence-electron chi connectivity index (χ4n) is 2.79. The number of aryl methyl sites for hydroxylation is 1. The van der Waals surface area contributed by atoms with Crippen LogP contribution < -0.4 is 5.32 Å². The number of carbonyl (C=O) groups is 1. The smallest absolute Gasteiger partial charge is 0.266 e. The minimum absolute atomic E-state index is 0.0244. The molecule has 2 N–H and O–H groups in total. The third kappa shape index (κ3) is 4.27. The van der Waals surface area contributed by atoms with E-state index in [9.17, 15) is 15.2 Å². The number of amides is 1. The zero-order valence-electron chi connectivity index (χ0n) is 14.4. The summed E-state index contributed by atoms with van der Waals surface area (Å²) in [4.78, 5) is 16.4. The number of hydrogen-bond donors (Lipinski definition) is 2. The van der Waals surface area contributed by atoms with Crippen molar-refractivity contribution in [3.05, 3.63) is 35.5 Å². The Balaban J connectivity index is 2.06. The zero-order chi connectivity index (χ0) is 17.7. The Morgan fingerprint density at radius 1 is 1.46 bits per heavy atom. The Labute approximate surface area is 143 Å². The summed E-state index contributed by atoms with van der Waals surface area (Å²) >= 11 is 0. The lowest BCUT2D eigenvalue weighted by Gasteiger charge is -2.34. The first kappa shape index (κ1) is 17.8. The second-order valence-corrected chi connectivity index (χ2v) is 6.29. The third-order valence-corrected chi connectivity index (χ3v) is 4.43. The van der Waals surface area contributed by atoms with E-state index in [0.717, 1.165) is 31.5 Å². The number of rotatable bonds is 4. The van der Waals surface area contributed by atoms with Gasteiger partial charge in [-0.3, -0.25) is 4.79 Å². The van der Waals surface area contributed by atoms with Gasteiger partial charge in [0.05, 0.1) is 5.69 Å². The molecule has 0 aliphatic carbocycles. The van der Waals surface area contributed by atoms with E-state index in [1.165, 1.54) is 6.20 Å². The molecule has 0 radical (unpaired) electrons. The molecule has 0 bridgehead atoms. The zero-order valence-corrected chi connectivity index (χ0v) is 14.4. The molecule has 0 atom stereocenters. The number of nitriles is 1. The Kier molecular flexibility index (Phi) is 5.83. The monoisotopic (exact) mass is 328 g/mol. The number of aromatic hydroxyl groups is 1. The molecule has 24 heavy (non-hydrogen) atoms. The maximum Gasteiger partial charge on any atom is 0.266 e. The van der Waals surface area contributed by atoms with Crippen molar-refractivity contribution in [1.29, 1.82) is 5.26 Å². The number of phenols is 1. The van der Waals surface area contributed by atoms with Crippen LogP contribution in [-0.2, 0) is 4.79 Å². The first-order chi connectivity index (χ1) is 11.4. The molecule has 1 aliphatic heterocycles. The fraction of sp³-hybridized carbons (Fsp3) is 0.444. The van der Waals surface area contributed by atoms with E-state index >= 15 is 0 Å². The number of likely N-dealkylation sites (N-methyl/N-ethyl adjacent to an activating group) is 1. The molecule has 0 unspecified atom stereocenters. The van der Waals surface area contributed by atoms with Gasteiger partial charge in [0.15, 0.2) is 0 Å². The van der Waals surface area contributed by atoms with Crippen LogP contribution in [0, 0.1) is 18.3 Å². The molecule has 128 valence electrons. The number of nitrogens with one attached hydrogen (secondary N) is 1. The molecule has 0 aromatic heterocycles. The largest absolute Gasteiger partial charge is 0.506 e. The molecule has 1 amide bonds. The van der Waals surface area contributed by atoms with Gasteiger partial charge in [-0.2, -0.15) is 5.26 Å². The minimum atomic E-state index is -0.300. The van der Waals surface area contributed by atoms with Gasteiger partial charge in [0.1, 0.15) is 17.4 Å². The average Bonchev–Trinajstić information content (AvgIpc) is 2.57. The summed E-state index contributed by atoms with van der Waals surface area (Å²) in [6.45, 7) is 3.77. The van der Waals surface area contributed by atoms with Crippen LogP contribution in [0.2, 0.25) is 0 Å². The van der Waals surface area contributed by atoms with Crippen LogP contribution in [0.5, 0.6) is 5.75 Å². The topological polar surface area (TPSA) is 79.6 Å². The minimum Gasteiger partial charge on any atom is -0.506 e. The van der Waals surface area contributed by atoms with Crippen LogP contribution in [0.3, 0.4) is 0 Å². The molecule has 0 saturated carbocycles. The highest BCUT2D eigenvalue weighted by Gasteiger charge is 2.25. The second kappa shape index (κ2) is 7.84. The van der Waals surface area contributed by atoms with Gasteiger partial charge >= 0.3 is 0 Å². The summed E-state index contributed by atoms with van der Waals surface area (Å²) in [5.74, 6) is -0.217. The second-order valence-electron chi connectivity index (χ2n) is 6.29. The molecule has 1 aromatic rings. The number of benzene rings is 1. The number of likely N-dealkylation sites (tertiary alicyclic amines) is 1. The first-order valence-electron chi connectivity index (χ1n) is 8.04. The van der Waals surface area contributed by atoms with Gasteiger partial charge in [0, 0.05) is 19.3 Å². The van der Waals surface area contributed by atoms with Crippen LogP contribution in [-0.4, -0.2) is 54.0 Å². The van der Waals surface area contributed by atoms with Gasteiger partial charge in [0.25, 0.3) is 5.91 Å². The molecule has 6 nitrogen and oxygen atoms in total. The number of carbonyl (C=O) groups excluding carboxylic acids is 1. The fourth-order valence-corrected chi connectivity index (χ4v) is 2.79. The van der Waals surface area contributed by atoms with Crippen molar-refractivity contribution in [3.63, 3.8) is 0 Å². The molecular formula is C18H24N4O2. The molecule has 1 aliphatic rings. The number of hydrogen-bond acceptors (Lipinski definition) is 5. The highest BCUT2D eigenvalue weighted by molar-refractivity contribution is 5.97. The van der Waals surface area contributed by atoms with E-state index in [1.807, 2.05) is 19.1 Å². The molecule has 6 heteroatoms. The van der Waals surface area contributed by atoms with Crippen molar-refractivity contribution in [2.75, 3.05) is 32.5 Å². The van der Waals surface area contributed by atoms with Crippen LogP contribution in [0.15, 0.2) is 30.0 Å². The average molecular weight is 328 g/mol. The van der Waals surface area contributed by atoms with Crippen molar-refractivity contribution in [2.24, 2.45) is 0 Å². The Hall–Kier alpha value is -2.52. The normalized spacial score (nSPS) is 16.5. The number of anilines is 1. The molecule has 1 saturated heterocycles. The molecule has 0 spiro atoms. The van der Waals surface area contributed by atoms with Crippen molar-refractivity contribution >= 4 is 11.6 Å². The lowest BCUT2D eigenvalue weighted by molar-refractivity contribution is -0.128. The number of nitrogens with zero attached hydrogens (tertiary/aromatic N) is 3. The van der Waals surface area contributed by atoms with Gasteiger partial charge in [-0.15, -0.1) is 0 Å². The van der Waals surface area contributed by atoms with E-state index in [2.05, 4.69) is 17.3 Å². The van der Waals surface area contributed by atoms with Gasteiger partial charge in [-0.25, -0.2) is 0 Å². The van der Waals surface area contributed by atoms with E-state index in [-0.39, 0.29) is 23.3 Å². The van der Waals surface area contributed by atoms with Crippen molar-refractivity contribution in [3.8, 4) is 11.8 Å². The Morgan fingerprint density at radius 2 is 2.12 bits per heavy atom. The number of piperidine rings is 1. The summed E-state index contributed by atoms with van der Waals surface area (Å²) in [5.41, 5.74) is 1.42. The SMILES string of the molecule is Cc1ccc(N/C=C(/C#N)C(=O)N(C)C2CCN(C)CC2)c(O)c1. The van der Waals surface area contributed by atoms with Crippen LogP contribution in [0.25, 0.3) is 0 Å². The molecule has 1 aromatic carbocycles.